The van der Waals surface area contributed by atoms with Crippen molar-refractivity contribution in [3.63, 3.8) is 0 Å². The summed E-state index contributed by atoms with van der Waals surface area (Å²) in [5.41, 5.74) is -0.0245. The fourth-order valence-corrected chi connectivity index (χ4v) is 1.94. The highest BCUT2D eigenvalue weighted by Gasteiger charge is 2.32. The molecule has 1 amide bonds. The molecule has 21 heavy (non-hydrogen) atoms. The summed E-state index contributed by atoms with van der Waals surface area (Å²) in [7, 11) is 0. The predicted octanol–water partition coefficient (Wildman–Crippen LogP) is 1.90. The summed E-state index contributed by atoms with van der Waals surface area (Å²) in [6.45, 7) is 1.76. The minimum Gasteiger partial charge on any atom is -0.404 e. The number of para-hydroxylation sites is 2. The Bertz CT molecular complexity index is 488. The van der Waals surface area contributed by atoms with Crippen molar-refractivity contribution < 1.29 is 27.4 Å². The van der Waals surface area contributed by atoms with Crippen molar-refractivity contribution in [2.24, 2.45) is 0 Å². The van der Waals surface area contributed by atoms with Crippen molar-refractivity contribution in [2.45, 2.75) is 18.9 Å². The summed E-state index contributed by atoms with van der Waals surface area (Å²) in [6.07, 6.45) is -5.03. The second-order valence-corrected chi connectivity index (χ2v) is 4.49. The van der Waals surface area contributed by atoms with E-state index in [0.29, 0.717) is 13.2 Å². The molecule has 1 aliphatic heterocycles. The fraction of sp³-hybridized carbons (Fsp3) is 0.462. The normalized spacial score (nSPS) is 19.1. The summed E-state index contributed by atoms with van der Waals surface area (Å²) in [5, 5.41) is 5.48. The maximum absolute atomic E-state index is 12.3. The van der Waals surface area contributed by atoms with Crippen molar-refractivity contribution in [2.75, 3.05) is 25.0 Å². The van der Waals surface area contributed by atoms with Gasteiger partial charge in [0.1, 0.15) is 0 Å². The van der Waals surface area contributed by atoms with Crippen LogP contribution in [0.5, 0.6) is 5.75 Å². The van der Waals surface area contributed by atoms with Crippen LogP contribution in [-0.4, -0.2) is 38.1 Å². The fourth-order valence-electron chi connectivity index (χ4n) is 1.94. The van der Waals surface area contributed by atoms with E-state index < -0.39 is 18.0 Å². The molecule has 1 saturated heterocycles. The number of rotatable bonds is 4. The molecule has 1 heterocycles. The zero-order chi connectivity index (χ0) is 15.3. The van der Waals surface area contributed by atoms with E-state index in [9.17, 15) is 18.0 Å². The van der Waals surface area contributed by atoms with Gasteiger partial charge in [-0.05, 0) is 12.1 Å². The second kappa shape index (κ2) is 6.77. The average Bonchev–Trinajstić information content (AvgIpc) is 2.40. The van der Waals surface area contributed by atoms with Crippen LogP contribution in [0.4, 0.5) is 18.9 Å². The smallest absolute Gasteiger partial charge is 0.404 e. The molecule has 1 unspecified atom stereocenters. The van der Waals surface area contributed by atoms with Gasteiger partial charge < -0.3 is 20.1 Å². The lowest BCUT2D eigenvalue weighted by molar-refractivity contribution is -0.274. The maximum atomic E-state index is 12.3. The lowest BCUT2D eigenvalue weighted by Crippen LogP contribution is -2.40. The largest absolute Gasteiger partial charge is 0.573 e. The van der Waals surface area contributed by atoms with E-state index in [1.807, 2.05) is 0 Å². The van der Waals surface area contributed by atoms with Crippen LogP contribution in [0.3, 0.4) is 0 Å². The van der Waals surface area contributed by atoms with Gasteiger partial charge in [0.2, 0.25) is 5.91 Å². The third-order valence-electron chi connectivity index (χ3n) is 2.80. The van der Waals surface area contributed by atoms with Gasteiger partial charge in [-0.3, -0.25) is 4.79 Å². The van der Waals surface area contributed by atoms with Gasteiger partial charge in [0.05, 0.1) is 24.8 Å². The van der Waals surface area contributed by atoms with E-state index in [2.05, 4.69) is 15.4 Å². The topological polar surface area (TPSA) is 59.6 Å². The Hall–Kier alpha value is -1.80. The Kier molecular flexibility index (Phi) is 5.03. The number of anilines is 1. The quantitative estimate of drug-likeness (QED) is 0.892. The number of carbonyl (C=O) groups excluding carboxylic acids is 1. The van der Waals surface area contributed by atoms with Gasteiger partial charge in [0, 0.05) is 13.1 Å². The maximum Gasteiger partial charge on any atom is 0.573 e. The third-order valence-corrected chi connectivity index (χ3v) is 2.80. The van der Waals surface area contributed by atoms with Gasteiger partial charge in [-0.25, -0.2) is 0 Å². The molecule has 0 aliphatic carbocycles. The molecule has 1 fully saturated rings. The number of alkyl halides is 3. The Morgan fingerprint density at radius 3 is 2.86 bits per heavy atom. The number of morpholine rings is 1. The minimum absolute atomic E-state index is 0.0245. The lowest BCUT2D eigenvalue weighted by Gasteiger charge is -2.23. The highest BCUT2D eigenvalue weighted by Crippen LogP contribution is 2.30. The molecular weight excluding hydrogens is 289 g/mol. The zero-order valence-electron chi connectivity index (χ0n) is 11.1. The van der Waals surface area contributed by atoms with Crippen LogP contribution < -0.4 is 15.4 Å². The molecule has 1 aromatic rings. The second-order valence-electron chi connectivity index (χ2n) is 4.49. The van der Waals surface area contributed by atoms with E-state index in [0.717, 1.165) is 12.6 Å². The van der Waals surface area contributed by atoms with Gasteiger partial charge in [0.25, 0.3) is 0 Å². The number of hydrogen-bond donors (Lipinski definition) is 2. The first-order chi connectivity index (χ1) is 9.94. The number of ether oxygens (including phenoxy) is 2. The van der Waals surface area contributed by atoms with Crippen molar-refractivity contribution in [1.29, 1.82) is 0 Å². The number of benzene rings is 1. The van der Waals surface area contributed by atoms with E-state index in [4.69, 9.17) is 4.74 Å². The molecule has 1 aliphatic rings. The molecule has 0 bridgehead atoms. The van der Waals surface area contributed by atoms with Crippen LogP contribution in [0, 0.1) is 0 Å². The van der Waals surface area contributed by atoms with Gasteiger partial charge in [-0.1, -0.05) is 12.1 Å². The molecule has 0 spiro atoms. The summed E-state index contributed by atoms with van der Waals surface area (Å²) in [5.74, 6) is -0.872. The minimum atomic E-state index is -4.81. The standard InChI is InChI=1S/C13H15F3N2O3/c14-13(15,16)21-11-4-2-1-3-10(11)18-12(19)7-9-8-17-5-6-20-9/h1-4,9,17H,5-8H2,(H,18,19). The molecule has 8 heteroatoms. The molecular formula is C13H15F3N2O3. The molecule has 2 N–H and O–H groups in total. The predicted molar refractivity (Wildman–Crippen MR) is 69.0 cm³/mol. The first-order valence-electron chi connectivity index (χ1n) is 6.41. The SMILES string of the molecule is O=C(CC1CNCCO1)Nc1ccccc1OC(F)(F)F. The van der Waals surface area contributed by atoms with Crippen LogP contribution in [0.1, 0.15) is 6.42 Å². The van der Waals surface area contributed by atoms with Gasteiger partial charge in [-0.15, -0.1) is 13.2 Å². The van der Waals surface area contributed by atoms with E-state index in [-0.39, 0.29) is 18.2 Å². The third kappa shape index (κ3) is 5.24. The first kappa shape index (κ1) is 15.6. The molecule has 1 aromatic carbocycles. The number of halogens is 3. The Balaban J connectivity index is 1.96. The summed E-state index contributed by atoms with van der Waals surface area (Å²) < 4.78 is 46.0. The first-order valence-corrected chi connectivity index (χ1v) is 6.41. The highest BCUT2D eigenvalue weighted by molar-refractivity contribution is 5.92. The molecule has 5 nitrogen and oxygen atoms in total. The van der Waals surface area contributed by atoms with Crippen LogP contribution in [0.2, 0.25) is 0 Å². The number of nitrogens with one attached hydrogen (secondary N) is 2. The summed E-state index contributed by atoms with van der Waals surface area (Å²) in [6, 6.07) is 5.39. The Morgan fingerprint density at radius 1 is 1.43 bits per heavy atom. The van der Waals surface area contributed by atoms with Crippen molar-refractivity contribution >= 4 is 11.6 Å². The zero-order valence-corrected chi connectivity index (χ0v) is 11.1. The number of hydrogen-bond acceptors (Lipinski definition) is 4. The Labute approximate surface area is 119 Å². The average molecular weight is 304 g/mol. The number of amides is 1. The van der Waals surface area contributed by atoms with Crippen LogP contribution in [0.25, 0.3) is 0 Å². The van der Waals surface area contributed by atoms with Crippen molar-refractivity contribution in [3.05, 3.63) is 24.3 Å². The molecule has 116 valence electrons. The number of carbonyl (C=O) groups is 1. The van der Waals surface area contributed by atoms with E-state index in [1.165, 1.54) is 18.2 Å². The molecule has 0 aromatic heterocycles. The van der Waals surface area contributed by atoms with Crippen LogP contribution >= 0.6 is 0 Å². The van der Waals surface area contributed by atoms with Crippen LogP contribution in [-0.2, 0) is 9.53 Å². The van der Waals surface area contributed by atoms with Crippen molar-refractivity contribution in [3.8, 4) is 5.75 Å². The summed E-state index contributed by atoms with van der Waals surface area (Å²) in [4.78, 5) is 11.8. The molecule has 0 radical (unpaired) electrons. The Morgan fingerprint density at radius 2 is 2.19 bits per heavy atom. The summed E-state index contributed by atoms with van der Waals surface area (Å²) >= 11 is 0. The van der Waals surface area contributed by atoms with Crippen molar-refractivity contribution in [1.82, 2.24) is 5.32 Å². The van der Waals surface area contributed by atoms with Gasteiger partial charge in [-0.2, -0.15) is 0 Å². The molecule has 0 saturated carbocycles. The van der Waals surface area contributed by atoms with E-state index in [1.54, 1.807) is 0 Å². The molecule has 2 rings (SSSR count). The van der Waals surface area contributed by atoms with Crippen LogP contribution in [0.15, 0.2) is 24.3 Å². The van der Waals surface area contributed by atoms with E-state index >= 15 is 0 Å². The lowest BCUT2D eigenvalue weighted by atomic mass is 10.2. The monoisotopic (exact) mass is 304 g/mol. The van der Waals surface area contributed by atoms with Gasteiger partial charge >= 0.3 is 6.36 Å². The highest BCUT2D eigenvalue weighted by atomic mass is 19.4. The van der Waals surface area contributed by atoms with Gasteiger partial charge in [0.15, 0.2) is 5.75 Å². The molecule has 1 atom stereocenters.